The van der Waals surface area contributed by atoms with Crippen LogP contribution < -0.4 is 0 Å². The third kappa shape index (κ3) is 2.76. The van der Waals surface area contributed by atoms with Crippen molar-refractivity contribution >= 4 is 0 Å². The molecule has 1 aliphatic heterocycles. The lowest BCUT2D eigenvalue weighted by Crippen LogP contribution is -2.41. The Labute approximate surface area is 97.8 Å². The third-order valence-corrected chi connectivity index (χ3v) is 4.25. The molecule has 2 aliphatic rings. The number of aliphatic hydroxyl groups is 2. The van der Waals surface area contributed by atoms with Gasteiger partial charge in [0, 0.05) is 13.2 Å². The van der Waals surface area contributed by atoms with E-state index < -0.39 is 0 Å². The largest absolute Gasteiger partial charge is 0.396 e. The molecule has 2 fully saturated rings. The van der Waals surface area contributed by atoms with Gasteiger partial charge in [-0.3, -0.25) is 0 Å². The SMILES string of the molecule is OCCCC(O)C1CCOC2(CCCC2)C1. The Balaban J connectivity index is 1.85. The molecule has 0 bridgehead atoms. The van der Waals surface area contributed by atoms with E-state index in [-0.39, 0.29) is 18.3 Å². The van der Waals surface area contributed by atoms with E-state index in [0.717, 1.165) is 25.9 Å². The average Bonchev–Trinajstić information content (AvgIpc) is 2.74. The highest BCUT2D eigenvalue weighted by Crippen LogP contribution is 2.43. The number of hydrogen-bond acceptors (Lipinski definition) is 3. The summed E-state index contributed by atoms with van der Waals surface area (Å²) < 4.78 is 5.95. The lowest BCUT2D eigenvalue weighted by Gasteiger charge is -2.40. The van der Waals surface area contributed by atoms with E-state index in [9.17, 15) is 5.11 Å². The molecule has 2 atom stereocenters. The maximum Gasteiger partial charge on any atom is 0.0686 e. The van der Waals surface area contributed by atoms with Crippen molar-refractivity contribution in [3.05, 3.63) is 0 Å². The van der Waals surface area contributed by atoms with Crippen molar-refractivity contribution in [1.82, 2.24) is 0 Å². The third-order valence-electron chi connectivity index (χ3n) is 4.25. The van der Waals surface area contributed by atoms with Crippen molar-refractivity contribution in [2.45, 2.75) is 63.1 Å². The van der Waals surface area contributed by atoms with E-state index >= 15 is 0 Å². The molecule has 0 aromatic heterocycles. The zero-order valence-corrected chi connectivity index (χ0v) is 10.0. The molecule has 1 saturated heterocycles. The molecule has 1 saturated carbocycles. The first kappa shape index (κ1) is 12.3. The van der Waals surface area contributed by atoms with Gasteiger partial charge in [-0.15, -0.1) is 0 Å². The monoisotopic (exact) mass is 228 g/mol. The molecule has 1 spiro atoms. The average molecular weight is 228 g/mol. The van der Waals surface area contributed by atoms with E-state index in [1.165, 1.54) is 25.7 Å². The summed E-state index contributed by atoms with van der Waals surface area (Å²) >= 11 is 0. The molecule has 1 heterocycles. The molecule has 0 radical (unpaired) electrons. The molecule has 2 unspecified atom stereocenters. The van der Waals surface area contributed by atoms with Crippen molar-refractivity contribution in [3.63, 3.8) is 0 Å². The fourth-order valence-corrected chi connectivity index (χ4v) is 3.30. The van der Waals surface area contributed by atoms with Crippen LogP contribution >= 0.6 is 0 Å². The molecule has 2 N–H and O–H groups in total. The van der Waals surface area contributed by atoms with Crippen molar-refractivity contribution in [3.8, 4) is 0 Å². The van der Waals surface area contributed by atoms with Gasteiger partial charge in [-0.25, -0.2) is 0 Å². The summed E-state index contributed by atoms with van der Waals surface area (Å²) in [6.45, 7) is 0.992. The van der Waals surface area contributed by atoms with Crippen LogP contribution in [0.5, 0.6) is 0 Å². The second-order valence-electron chi connectivity index (χ2n) is 5.42. The van der Waals surface area contributed by atoms with E-state index in [0.29, 0.717) is 12.3 Å². The van der Waals surface area contributed by atoms with Gasteiger partial charge in [0.2, 0.25) is 0 Å². The van der Waals surface area contributed by atoms with Gasteiger partial charge in [-0.1, -0.05) is 12.8 Å². The maximum absolute atomic E-state index is 10.1. The Hall–Kier alpha value is -0.120. The van der Waals surface area contributed by atoms with Gasteiger partial charge in [-0.2, -0.15) is 0 Å². The molecule has 0 aromatic rings. The van der Waals surface area contributed by atoms with Crippen molar-refractivity contribution in [1.29, 1.82) is 0 Å². The number of ether oxygens (including phenoxy) is 1. The molecular formula is C13H24O3. The summed E-state index contributed by atoms with van der Waals surface area (Å²) in [4.78, 5) is 0. The smallest absolute Gasteiger partial charge is 0.0686 e. The molecule has 0 aromatic carbocycles. The Bertz CT molecular complexity index is 211. The Morgan fingerprint density at radius 2 is 2.06 bits per heavy atom. The predicted molar refractivity (Wildman–Crippen MR) is 62.2 cm³/mol. The minimum absolute atomic E-state index is 0.100. The zero-order valence-electron chi connectivity index (χ0n) is 10.0. The molecular weight excluding hydrogens is 204 g/mol. The quantitative estimate of drug-likeness (QED) is 0.772. The summed E-state index contributed by atoms with van der Waals surface area (Å²) in [6.07, 6.45) is 8.12. The molecule has 3 nitrogen and oxygen atoms in total. The van der Waals surface area contributed by atoms with Crippen LogP contribution in [0.3, 0.4) is 0 Å². The lowest BCUT2D eigenvalue weighted by molar-refractivity contribution is -0.113. The number of rotatable bonds is 4. The van der Waals surface area contributed by atoms with Crippen LogP contribution in [0.1, 0.15) is 51.4 Å². The minimum atomic E-state index is -0.242. The highest BCUT2D eigenvalue weighted by molar-refractivity contribution is 4.92. The highest BCUT2D eigenvalue weighted by atomic mass is 16.5. The Morgan fingerprint density at radius 1 is 1.31 bits per heavy atom. The van der Waals surface area contributed by atoms with Crippen LogP contribution in [0, 0.1) is 5.92 Å². The first-order chi connectivity index (χ1) is 7.76. The van der Waals surface area contributed by atoms with E-state index in [1.54, 1.807) is 0 Å². The maximum atomic E-state index is 10.1. The van der Waals surface area contributed by atoms with Gasteiger partial charge in [0.05, 0.1) is 11.7 Å². The van der Waals surface area contributed by atoms with Gasteiger partial charge in [0.15, 0.2) is 0 Å². The fraction of sp³-hybridized carbons (Fsp3) is 1.00. The van der Waals surface area contributed by atoms with Crippen LogP contribution in [0.2, 0.25) is 0 Å². The van der Waals surface area contributed by atoms with Crippen molar-refractivity contribution in [2.24, 2.45) is 5.92 Å². The van der Waals surface area contributed by atoms with Crippen LogP contribution in [0.25, 0.3) is 0 Å². The van der Waals surface area contributed by atoms with Crippen LogP contribution in [-0.4, -0.2) is 35.1 Å². The second kappa shape index (κ2) is 5.48. The summed E-state index contributed by atoms with van der Waals surface area (Å²) in [5.74, 6) is 0.387. The topological polar surface area (TPSA) is 49.7 Å². The fourth-order valence-electron chi connectivity index (χ4n) is 3.30. The standard InChI is InChI=1S/C13H24O3/c14-8-3-4-12(15)11-5-9-16-13(10-11)6-1-2-7-13/h11-12,14-15H,1-10H2. The number of hydrogen-bond donors (Lipinski definition) is 2. The van der Waals surface area contributed by atoms with Gasteiger partial charge >= 0.3 is 0 Å². The Morgan fingerprint density at radius 3 is 2.75 bits per heavy atom. The number of aliphatic hydroxyl groups excluding tert-OH is 2. The van der Waals surface area contributed by atoms with Gasteiger partial charge in [0.25, 0.3) is 0 Å². The summed E-state index contributed by atoms with van der Waals surface area (Å²) in [7, 11) is 0. The van der Waals surface area contributed by atoms with Crippen molar-refractivity contribution < 1.29 is 14.9 Å². The van der Waals surface area contributed by atoms with E-state index in [4.69, 9.17) is 9.84 Å². The van der Waals surface area contributed by atoms with E-state index in [2.05, 4.69) is 0 Å². The van der Waals surface area contributed by atoms with E-state index in [1.807, 2.05) is 0 Å². The first-order valence-electron chi connectivity index (χ1n) is 6.69. The molecule has 1 aliphatic carbocycles. The van der Waals surface area contributed by atoms with Crippen LogP contribution in [0.4, 0.5) is 0 Å². The first-order valence-corrected chi connectivity index (χ1v) is 6.69. The lowest BCUT2D eigenvalue weighted by atomic mass is 9.80. The zero-order chi connectivity index (χ0) is 11.4. The van der Waals surface area contributed by atoms with Crippen LogP contribution in [0.15, 0.2) is 0 Å². The highest BCUT2D eigenvalue weighted by Gasteiger charge is 2.41. The van der Waals surface area contributed by atoms with Crippen LogP contribution in [-0.2, 0) is 4.74 Å². The molecule has 0 amide bonds. The van der Waals surface area contributed by atoms with Gasteiger partial charge < -0.3 is 14.9 Å². The summed E-state index contributed by atoms with van der Waals surface area (Å²) in [6, 6.07) is 0. The summed E-state index contributed by atoms with van der Waals surface area (Å²) in [5, 5.41) is 18.9. The van der Waals surface area contributed by atoms with Gasteiger partial charge in [-0.05, 0) is 44.4 Å². The molecule has 16 heavy (non-hydrogen) atoms. The second-order valence-corrected chi connectivity index (χ2v) is 5.42. The minimum Gasteiger partial charge on any atom is -0.396 e. The Kier molecular flexibility index (Phi) is 4.22. The summed E-state index contributed by atoms with van der Waals surface area (Å²) in [5.41, 5.74) is 0.100. The van der Waals surface area contributed by atoms with Gasteiger partial charge in [0.1, 0.15) is 0 Å². The predicted octanol–water partition coefficient (Wildman–Crippen LogP) is 1.86. The van der Waals surface area contributed by atoms with Crippen molar-refractivity contribution in [2.75, 3.05) is 13.2 Å². The molecule has 2 rings (SSSR count). The normalized spacial score (nSPS) is 30.8. The molecule has 94 valence electrons. The molecule has 3 heteroatoms.